The number of benzene rings is 2. The molecule has 0 saturated heterocycles. The van der Waals surface area contributed by atoms with Gasteiger partial charge in [0, 0.05) is 28.7 Å². The number of carbonyl (C=O) groups excluding carboxylic acids is 2. The van der Waals surface area contributed by atoms with E-state index in [1.807, 2.05) is 45.9 Å². The molecule has 0 bridgehead atoms. The van der Waals surface area contributed by atoms with Crippen LogP contribution in [0.15, 0.2) is 36.4 Å². The molecule has 0 saturated carbocycles. The molecule has 0 heterocycles. The molecule has 0 fully saturated rings. The van der Waals surface area contributed by atoms with Crippen LogP contribution in [-0.4, -0.2) is 29.3 Å². The molecule has 2 aromatic carbocycles. The maximum Gasteiger partial charge on any atom is 0.242 e. The molecule has 1 N–H and O–H groups in total. The van der Waals surface area contributed by atoms with Crippen molar-refractivity contribution >= 4 is 35.0 Å². The smallest absolute Gasteiger partial charge is 0.242 e. The Balaban J connectivity index is 2.36. The normalized spacial score (nSPS) is 11.8. The van der Waals surface area contributed by atoms with E-state index < -0.39 is 6.04 Å². The predicted molar refractivity (Wildman–Crippen MR) is 124 cm³/mol. The largest absolute Gasteiger partial charge is 0.354 e. The lowest BCUT2D eigenvalue weighted by Gasteiger charge is -2.31. The van der Waals surface area contributed by atoms with Gasteiger partial charge in [-0.25, -0.2) is 0 Å². The van der Waals surface area contributed by atoms with Crippen LogP contribution in [-0.2, 0) is 22.6 Å². The highest BCUT2D eigenvalue weighted by Crippen LogP contribution is 2.27. The molecular weight excluding hydrogens is 419 g/mol. The fourth-order valence-electron chi connectivity index (χ4n) is 3.33. The van der Waals surface area contributed by atoms with Crippen molar-refractivity contribution in [2.24, 2.45) is 0 Å². The zero-order valence-electron chi connectivity index (χ0n) is 18.1. The molecule has 0 aliphatic carbocycles. The highest BCUT2D eigenvalue weighted by molar-refractivity contribution is 6.36. The van der Waals surface area contributed by atoms with Gasteiger partial charge in [-0.05, 0) is 55.5 Å². The fourth-order valence-corrected chi connectivity index (χ4v) is 3.85. The first-order valence-electron chi connectivity index (χ1n) is 10.3. The second-order valence-corrected chi connectivity index (χ2v) is 8.35. The average Bonchev–Trinajstić information content (AvgIpc) is 2.71. The molecule has 2 amide bonds. The minimum absolute atomic E-state index is 0.132. The number of carbonyl (C=O) groups is 2. The van der Waals surface area contributed by atoms with Gasteiger partial charge in [0.25, 0.3) is 0 Å². The molecule has 0 aliphatic rings. The summed E-state index contributed by atoms with van der Waals surface area (Å²) in [5.41, 5.74) is 3.88. The lowest BCUT2D eigenvalue weighted by atomic mass is 10.0. The fraction of sp³-hybridized carbons (Fsp3) is 0.417. The SMILES string of the molecule is CCCNC(=O)[C@@H](CC)N(Cc1c(Cl)cccc1Cl)C(=O)Cc1ccc(C)c(C)c1. The van der Waals surface area contributed by atoms with E-state index in [0.717, 1.165) is 17.5 Å². The van der Waals surface area contributed by atoms with Gasteiger partial charge in [-0.15, -0.1) is 0 Å². The molecule has 6 heteroatoms. The number of amides is 2. The Morgan fingerprint density at radius 3 is 2.27 bits per heavy atom. The number of hydrogen-bond acceptors (Lipinski definition) is 2. The van der Waals surface area contributed by atoms with Gasteiger partial charge in [-0.1, -0.05) is 61.3 Å². The maximum atomic E-state index is 13.4. The summed E-state index contributed by atoms with van der Waals surface area (Å²) >= 11 is 12.7. The molecule has 4 nitrogen and oxygen atoms in total. The van der Waals surface area contributed by atoms with Crippen LogP contribution in [0.3, 0.4) is 0 Å². The standard InChI is InChI=1S/C24H30Cl2N2O2/c1-5-12-27-24(30)22(6-2)28(15-19-20(25)8-7-9-21(19)26)23(29)14-18-11-10-16(3)17(4)13-18/h7-11,13,22H,5-6,12,14-15H2,1-4H3,(H,27,30)/t22-/m1/s1. The average molecular weight is 449 g/mol. The second kappa shape index (κ2) is 11.4. The van der Waals surface area contributed by atoms with E-state index >= 15 is 0 Å². The molecular formula is C24H30Cl2N2O2. The first-order valence-corrected chi connectivity index (χ1v) is 11.1. The van der Waals surface area contributed by atoms with Crippen LogP contribution >= 0.6 is 23.2 Å². The Morgan fingerprint density at radius 2 is 1.70 bits per heavy atom. The van der Waals surface area contributed by atoms with Gasteiger partial charge in [0.2, 0.25) is 11.8 Å². The first kappa shape index (κ1) is 24.2. The monoisotopic (exact) mass is 448 g/mol. The molecule has 0 spiro atoms. The zero-order valence-corrected chi connectivity index (χ0v) is 19.6. The van der Waals surface area contributed by atoms with Crippen molar-refractivity contribution in [3.05, 3.63) is 68.7 Å². The van der Waals surface area contributed by atoms with Crippen molar-refractivity contribution < 1.29 is 9.59 Å². The van der Waals surface area contributed by atoms with Gasteiger partial charge in [-0.2, -0.15) is 0 Å². The Morgan fingerprint density at radius 1 is 1.03 bits per heavy atom. The van der Waals surface area contributed by atoms with Crippen LogP contribution in [0.5, 0.6) is 0 Å². The van der Waals surface area contributed by atoms with E-state index in [9.17, 15) is 9.59 Å². The molecule has 2 rings (SSSR count). The minimum Gasteiger partial charge on any atom is -0.354 e. The van der Waals surface area contributed by atoms with Crippen molar-refractivity contribution in [2.45, 2.75) is 59.5 Å². The third-order valence-corrected chi connectivity index (χ3v) is 5.96. The predicted octanol–water partition coefficient (Wildman–Crippen LogP) is 5.49. The Labute approximate surface area is 189 Å². The summed E-state index contributed by atoms with van der Waals surface area (Å²) in [5, 5.41) is 3.88. The Kier molecular flexibility index (Phi) is 9.19. The van der Waals surface area contributed by atoms with Crippen LogP contribution in [0.2, 0.25) is 10.0 Å². The maximum absolute atomic E-state index is 13.4. The summed E-state index contributed by atoms with van der Waals surface area (Å²) in [6, 6.07) is 10.6. The summed E-state index contributed by atoms with van der Waals surface area (Å²) in [4.78, 5) is 27.8. The van der Waals surface area contributed by atoms with E-state index in [1.54, 1.807) is 23.1 Å². The number of nitrogens with zero attached hydrogens (tertiary/aromatic N) is 1. The van der Waals surface area contributed by atoms with Gasteiger partial charge in [-0.3, -0.25) is 9.59 Å². The molecule has 0 aromatic heterocycles. The molecule has 0 radical (unpaired) electrons. The van der Waals surface area contributed by atoms with Crippen molar-refractivity contribution in [1.29, 1.82) is 0 Å². The van der Waals surface area contributed by atoms with Crippen molar-refractivity contribution in [2.75, 3.05) is 6.54 Å². The summed E-state index contributed by atoms with van der Waals surface area (Å²) in [6.07, 6.45) is 1.53. The Hall–Kier alpha value is -2.04. The number of halogens is 2. The van der Waals surface area contributed by atoms with Crippen LogP contribution in [0, 0.1) is 13.8 Å². The van der Waals surface area contributed by atoms with Gasteiger partial charge in [0.15, 0.2) is 0 Å². The third-order valence-electron chi connectivity index (χ3n) is 5.25. The van der Waals surface area contributed by atoms with E-state index in [-0.39, 0.29) is 24.8 Å². The molecule has 30 heavy (non-hydrogen) atoms. The van der Waals surface area contributed by atoms with Crippen LogP contribution in [0.1, 0.15) is 48.9 Å². The van der Waals surface area contributed by atoms with Crippen molar-refractivity contribution in [3.63, 3.8) is 0 Å². The van der Waals surface area contributed by atoms with Crippen LogP contribution in [0.4, 0.5) is 0 Å². The van der Waals surface area contributed by atoms with Gasteiger partial charge in [0.05, 0.1) is 6.42 Å². The number of rotatable bonds is 9. The minimum atomic E-state index is -0.595. The molecule has 162 valence electrons. The van der Waals surface area contributed by atoms with Crippen molar-refractivity contribution in [1.82, 2.24) is 10.2 Å². The quantitative estimate of drug-likeness (QED) is 0.551. The molecule has 0 unspecified atom stereocenters. The number of hydrogen-bond donors (Lipinski definition) is 1. The molecule has 2 aromatic rings. The van der Waals surface area contributed by atoms with Gasteiger partial charge < -0.3 is 10.2 Å². The summed E-state index contributed by atoms with van der Waals surface area (Å²) in [5.74, 6) is -0.288. The highest BCUT2D eigenvalue weighted by atomic mass is 35.5. The Bertz CT molecular complexity index is 879. The molecule has 0 aliphatic heterocycles. The van der Waals surface area contributed by atoms with Crippen LogP contribution < -0.4 is 5.32 Å². The van der Waals surface area contributed by atoms with Crippen LogP contribution in [0.25, 0.3) is 0 Å². The zero-order chi connectivity index (χ0) is 22.3. The lowest BCUT2D eigenvalue weighted by Crippen LogP contribution is -2.49. The number of nitrogens with one attached hydrogen (secondary N) is 1. The van der Waals surface area contributed by atoms with E-state index in [2.05, 4.69) is 5.32 Å². The van der Waals surface area contributed by atoms with Gasteiger partial charge in [0.1, 0.15) is 6.04 Å². The summed E-state index contributed by atoms with van der Waals surface area (Å²) in [7, 11) is 0. The van der Waals surface area contributed by atoms with Crippen molar-refractivity contribution in [3.8, 4) is 0 Å². The third kappa shape index (κ3) is 6.23. The topological polar surface area (TPSA) is 49.4 Å². The van der Waals surface area contributed by atoms with E-state index in [1.165, 1.54) is 5.56 Å². The first-order chi connectivity index (χ1) is 14.3. The van der Waals surface area contributed by atoms with E-state index in [4.69, 9.17) is 23.2 Å². The summed E-state index contributed by atoms with van der Waals surface area (Å²) < 4.78 is 0. The van der Waals surface area contributed by atoms with E-state index in [0.29, 0.717) is 28.6 Å². The lowest BCUT2D eigenvalue weighted by molar-refractivity contribution is -0.140. The van der Waals surface area contributed by atoms with Gasteiger partial charge >= 0.3 is 0 Å². The molecule has 1 atom stereocenters. The summed E-state index contributed by atoms with van der Waals surface area (Å²) in [6.45, 7) is 8.71. The number of aryl methyl sites for hydroxylation is 2. The second-order valence-electron chi connectivity index (χ2n) is 7.53. The highest BCUT2D eigenvalue weighted by Gasteiger charge is 2.29.